The van der Waals surface area contributed by atoms with Gasteiger partial charge in [0.2, 0.25) is 0 Å². The van der Waals surface area contributed by atoms with Crippen LogP contribution in [-0.4, -0.2) is 18.9 Å². The average Bonchev–Trinajstić information content (AvgIpc) is 3.00. The van der Waals surface area contributed by atoms with Gasteiger partial charge in [0.1, 0.15) is 0 Å². The lowest BCUT2D eigenvalue weighted by Gasteiger charge is -2.01. The molecule has 0 saturated carbocycles. The highest BCUT2D eigenvalue weighted by atomic mass is 35.5. The van der Waals surface area contributed by atoms with Crippen molar-refractivity contribution in [1.29, 1.82) is 0 Å². The zero-order valence-electron chi connectivity index (χ0n) is 9.71. The lowest BCUT2D eigenvalue weighted by Crippen LogP contribution is -1.95. The molecule has 0 aromatic carbocycles. The van der Waals surface area contributed by atoms with E-state index in [9.17, 15) is 0 Å². The summed E-state index contributed by atoms with van der Waals surface area (Å²) in [4.78, 5) is 9.93. The summed E-state index contributed by atoms with van der Waals surface area (Å²) in [7, 11) is 1.98. The molecular weight excluding hydrogens is 288 g/mol. The Hall–Kier alpha value is -0.980. The van der Waals surface area contributed by atoms with E-state index in [1.165, 1.54) is 0 Å². The number of thioether (sulfide) groups is 1. The maximum absolute atomic E-state index is 5.82. The zero-order valence-corrected chi connectivity index (χ0v) is 12.1. The molecule has 94 valence electrons. The largest absolute Gasteiger partial charge is 0.325 e. The van der Waals surface area contributed by atoms with Crippen LogP contribution in [0, 0.1) is 0 Å². The molecule has 0 bridgehead atoms. The van der Waals surface area contributed by atoms with E-state index in [2.05, 4.69) is 16.2 Å². The highest BCUT2D eigenvalue weighted by Gasteiger charge is 2.08. The van der Waals surface area contributed by atoms with Gasteiger partial charge in [-0.15, -0.1) is 22.9 Å². The van der Waals surface area contributed by atoms with Crippen LogP contribution in [0.15, 0.2) is 29.1 Å². The number of fused-ring (bicyclic) bond motifs is 1. The Labute approximate surface area is 118 Å². The maximum atomic E-state index is 5.82. The van der Waals surface area contributed by atoms with Gasteiger partial charge in [-0.25, -0.2) is 9.97 Å². The minimum absolute atomic E-state index is 0.490. The van der Waals surface area contributed by atoms with Gasteiger partial charge in [0.15, 0.2) is 10.1 Å². The first-order valence-electron chi connectivity index (χ1n) is 5.38. The van der Waals surface area contributed by atoms with Crippen LogP contribution in [0.1, 0.15) is 11.4 Å². The molecule has 0 radical (unpaired) electrons. The molecule has 3 aromatic heterocycles. The molecule has 0 aliphatic carbocycles. The van der Waals surface area contributed by atoms with Gasteiger partial charge >= 0.3 is 0 Å². The Bertz CT molecular complexity index is 641. The van der Waals surface area contributed by atoms with E-state index in [-0.39, 0.29) is 0 Å². The van der Waals surface area contributed by atoms with Crippen LogP contribution in [0.4, 0.5) is 0 Å². The predicted octanol–water partition coefficient (Wildman–Crippen LogP) is 3.16. The average molecular weight is 299 g/mol. The summed E-state index contributed by atoms with van der Waals surface area (Å²) in [5.74, 6) is 1.31. The van der Waals surface area contributed by atoms with Crippen LogP contribution in [0.5, 0.6) is 0 Å². The summed E-state index contributed by atoms with van der Waals surface area (Å²) in [6.07, 6.45) is 5.90. The predicted molar refractivity (Wildman–Crippen MR) is 75.4 cm³/mol. The van der Waals surface area contributed by atoms with Crippen LogP contribution in [-0.2, 0) is 18.7 Å². The molecule has 3 aromatic rings. The molecule has 3 rings (SSSR count). The van der Waals surface area contributed by atoms with Gasteiger partial charge in [-0.05, 0) is 0 Å². The normalized spacial score (nSPS) is 11.4. The third-order valence-electron chi connectivity index (χ3n) is 2.67. The van der Waals surface area contributed by atoms with Crippen LogP contribution >= 0.6 is 34.7 Å². The summed E-state index contributed by atoms with van der Waals surface area (Å²) >= 11 is 9.14. The Kier molecular flexibility index (Phi) is 3.32. The smallest absolute Gasteiger partial charge is 0.193 e. The molecule has 0 unspecified atom stereocenters. The van der Waals surface area contributed by atoms with Crippen LogP contribution in [0.25, 0.3) is 4.96 Å². The highest BCUT2D eigenvalue weighted by Crippen LogP contribution is 2.23. The number of nitrogens with zero attached hydrogens (tertiary/aromatic N) is 4. The molecule has 4 nitrogen and oxygen atoms in total. The van der Waals surface area contributed by atoms with Gasteiger partial charge in [0, 0.05) is 30.6 Å². The topological polar surface area (TPSA) is 35.1 Å². The lowest BCUT2D eigenvalue weighted by atomic mass is 10.5. The fraction of sp³-hybridized carbons (Fsp3) is 0.273. The Balaban J connectivity index is 1.73. The van der Waals surface area contributed by atoms with Crippen molar-refractivity contribution in [3.8, 4) is 0 Å². The molecule has 0 amide bonds. The van der Waals surface area contributed by atoms with E-state index >= 15 is 0 Å². The number of hydrogen-bond acceptors (Lipinski definition) is 4. The fourth-order valence-corrected chi connectivity index (χ4v) is 3.49. The summed E-state index contributed by atoms with van der Waals surface area (Å²) in [5, 5.41) is 3.01. The second-order valence-electron chi connectivity index (χ2n) is 3.84. The minimum atomic E-state index is 0.490. The number of imidazole rings is 2. The lowest BCUT2D eigenvalue weighted by molar-refractivity contribution is 0.761. The number of halogens is 1. The molecule has 0 aliphatic heterocycles. The summed E-state index contributed by atoms with van der Waals surface area (Å²) in [6.45, 7) is 0. The van der Waals surface area contributed by atoms with Crippen molar-refractivity contribution in [2.24, 2.45) is 7.05 Å². The standard InChI is InChI=1S/C11H11ClN4S2/c1-15-9(4-12)5-13-10(15)18-7-8-6-16-2-3-17-11(16)14-8/h2-3,5-6H,4,7H2,1H3. The van der Waals surface area contributed by atoms with Crippen molar-refractivity contribution in [3.05, 3.63) is 35.4 Å². The van der Waals surface area contributed by atoms with Crippen LogP contribution in [0.2, 0.25) is 0 Å². The highest BCUT2D eigenvalue weighted by molar-refractivity contribution is 7.98. The van der Waals surface area contributed by atoms with Gasteiger partial charge in [-0.3, -0.25) is 4.40 Å². The van der Waals surface area contributed by atoms with Crippen LogP contribution in [0.3, 0.4) is 0 Å². The van der Waals surface area contributed by atoms with Crippen molar-refractivity contribution < 1.29 is 0 Å². The van der Waals surface area contributed by atoms with Crippen molar-refractivity contribution in [1.82, 2.24) is 18.9 Å². The molecule has 0 N–H and O–H groups in total. The monoisotopic (exact) mass is 298 g/mol. The van der Waals surface area contributed by atoms with Crippen LogP contribution < -0.4 is 0 Å². The molecule has 0 atom stereocenters. The molecule has 0 fully saturated rings. The van der Waals surface area contributed by atoms with Gasteiger partial charge < -0.3 is 4.57 Å². The first-order valence-corrected chi connectivity index (χ1v) is 7.78. The second-order valence-corrected chi connectivity index (χ2v) is 5.92. The first kappa shape index (κ1) is 12.1. The summed E-state index contributed by atoms with van der Waals surface area (Å²) in [5.41, 5.74) is 2.10. The third kappa shape index (κ3) is 2.15. The maximum Gasteiger partial charge on any atom is 0.193 e. The van der Waals surface area contributed by atoms with E-state index in [1.807, 2.05) is 33.8 Å². The van der Waals surface area contributed by atoms with Gasteiger partial charge in [0.05, 0.1) is 23.5 Å². The van der Waals surface area contributed by atoms with E-state index in [0.717, 1.165) is 27.3 Å². The number of alkyl halides is 1. The molecule has 18 heavy (non-hydrogen) atoms. The summed E-state index contributed by atoms with van der Waals surface area (Å²) < 4.78 is 4.07. The number of aromatic nitrogens is 4. The van der Waals surface area contributed by atoms with Gasteiger partial charge in [-0.1, -0.05) is 11.8 Å². The summed E-state index contributed by atoms with van der Waals surface area (Å²) in [6, 6.07) is 0. The Morgan fingerprint density at radius 2 is 2.39 bits per heavy atom. The van der Waals surface area contributed by atoms with Crippen molar-refractivity contribution >= 4 is 39.7 Å². The quantitative estimate of drug-likeness (QED) is 0.548. The molecule has 0 saturated heterocycles. The molecule has 0 spiro atoms. The van der Waals surface area contributed by atoms with E-state index in [0.29, 0.717) is 5.88 Å². The van der Waals surface area contributed by atoms with Gasteiger partial charge in [-0.2, -0.15) is 0 Å². The third-order valence-corrected chi connectivity index (χ3v) is 4.79. The molecule has 7 heteroatoms. The second kappa shape index (κ2) is 4.95. The van der Waals surface area contributed by atoms with Gasteiger partial charge in [0.25, 0.3) is 0 Å². The van der Waals surface area contributed by atoms with E-state index in [4.69, 9.17) is 11.6 Å². The van der Waals surface area contributed by atoms with E-state index in [1.54, 1.807) is 23.1 Å². The van der Waals surface area contributed by atoms with Crippen molar-refractivity contribution in [3.63, 3.8) is 0 Å². The SMILES string of the molecule is Cn1c(CCl)cnc1SCc1cn2ccsc2n1. The van der Waals surface area contributed by atoms with Crippen molar-refractivity contribution in [2.75, 3.05) is 0 Å². The Morgan fingerprint density at radius 1 is 1.50 bits per heavy atom. The number of rotatable bonds is 4. The first-order chi connectivity index (χ1) is 8.78. The number of hydrogen-bond donors (Lipinski definition) is 0. The Morgan fingerprint density at radius 3 is 3.11 bits per heavy atom. The molecule has 0 aliphatic rings. The molecular formula is C11H11ClN4S2. The fourth-order valence-electron chi connectivity index (χ4n) is 1.67. The minimum Gasteiger partial charge on any atom is -0.325 e. The zero-order chi connectivity index (χ0) is 12.5. The van der Waals surface area contributed by atoms with Crippen molar-refractivity contribution in [2.45, 2.75) is 16.8 Å². The van der Waals surface area contributed by atoms with E-state index < -0.39 is 0 Å². The number of thiazole rings is 1. The molecule has 3 heterocycles.